The van der Waals surface area contributed by atoms with E-state index < -0.39 is 0 Å². The Balaban J connectivity index is 1.35. The number of carbonyl (C=O) groups excluding carboxylic acids is 1. The number of piperazine rings is 1. The Hall–Kier alpha value is -3.88. The van der Waals surface area contributed by atoms with Gasteiger partial charge in [-0.15, -0.1) is 0 Å². The molecule has 5 rings (SSSR count). The lowest BCUT2D eigenvalue weighted by molar-refractivity contribution is -0.134. The second kappa shape index (κ2) is 12.3. The molecule has 2 heterocycles. The maximum absolute atomic E-state index is 13.8. The molecule has 1 saturated heterocycles. The number of nitrogens with zero attached hydrogens (tertiary/aromatic N) is 4. The summed E-state index contributed by atoms with van der Waals surface area (Å²) in [6.45, 7) is 4.76. The lowest BCUT2D eigenvalue weighted by Crippen LogP contribution is -2.49. The van der Waals surface area contributed by atoms with Gasteiger partial charge in [-0.3, -0.25) is 14.6 Å². The molecule has 0 radical (unpaired) electrons. The highest BCUT2D eigenvalue weighted by Gasteiger charge is 2.36. The Labute approximate surface area is 230 Å². The molecule has 0 aliphatic carbocycles. The van der Waals surface area contributed by atoms with Crippen molar-refractivity contribution in [3.8, 4) is 17.2 Å². The number of hydrazone groups is 1. The van der Waals surface area contributed by atoms with Crippen LogP contribution in [0.25, 0.3) is 0 Å². The highest BCUT2D eigenvalue weighted by molar-refractivity contribution is 6.05. The third kappa shape index (κ3) is 6.08. The second-order valence-electron chi connectivity index (χ2n) is 9.85. The van der Waals surface area contributed by atoms with Crippen LogP contribution in [-0.2, 0) is 11.3 Å². The smallest absolute Gasteiger partial charge is 0.257 e. The van der Waals surface area contributed by atoms with Gasteiger partial charge in [0.15, 0.2) is 0 Å². The summed E-state index contributed by atoms with van der Waals surface area (Å²) in [5.41, 5.74) is 3.87. The Morgan fingerprint density at radius 1 is 0.821 bits per heavy atom. The molecular weight excluding hydrogens is 492 g/mol. The number of hydrogen-bond acceptors (Lipinski definition) is 7. The van der Waals surface area contributed by atoms with Gasteiger partial charge in [-0.1, -0.05) is 42.5 Å². The van der Waals surface area contributed by atoms with Gasteiger partial charge in [0.25, 0.3) is 5.91 Å². The van der Waals surface area contributed by atoms with Crippen LogP contribution < -0.4 is 14.2 Å². The number of methoxy groups -OCH3 is 3. The molecule has 3 aromatic carbocycles. The lowest BCUT2D eigenvalue weighted by Gasteiger charge is -2.35. The van der Waals surface area contributed by atoms with E-state index in [1.807, 2.05) is 48.5 Å². The van der Waals surface area contributed by atoms with E-state index in [1.54, 1.807) is 26.3 Å². The number of para-hydroxylation sites is 1. The van der Waals surface area contributed by atoms with E-state index >= 15 is 0 Å². The molecule has 8 heteroatoms. The Bertz CT molecular complexity index is 1300. The fourth-order valence-corrected chi connectivity index (χ4v) is 5.34. The van der Waals surface area contributed by atoms with Crippen LogP contribution in [0.15, 0.2) is 77.9 Å². The number of ether oxygens (including phenoxy) is 3. The number of hydrogen-bond donors (Lipinski definition) is 0. The van der Waals surface area contributed by atoms with E-state index in [2.05, 4.69) is 34.1 Å². The SMILES string of the molecule is COc1ccc(OC)c([C@@H]2CC(c3ccccc3OC)=NN2C(=O)CN2CCN(Cc3ccccc3)CC2)c1. The topological polar surface area (TPSA) is 66.8 Å². The first-order chi connectivity index (χ1) is 19.1. The minimum atomic E-state index is -0.318. The van der Waals surface area contributed by atoms with E-state index in [9.17, 15) is 4.79 Å². The van der Waals surface area contributed by atoms with Gasteiger partial charge in [-0.05, 0) is 35.9 Å². The highest BCUT2D eigenvalue weighted by Crippen LogP contribution is 2.40. The van der Waals surface area contributed by atoms with Gasteiger partial charge in [0.2, 0.25) is 0 Å². The molecule has 2 aliphatic rings. The predicted molar refractivity (Wildman–Crippen MR) is 151 cm³/mol. The van der Waals surface area contributed by atoms with Crippen molar-refractivity contribution in [1.82, 2.24) is 14.8 Å². The summed E-state index contributed by atoms with van der Waals surface area (Å²) < 4.78 is 16.8. The maximum Gasteiger partial charge on any atom is 0.257 e. The van der Waals surface area contributed by atoms with Crippen LogP contribution in [0.2, 0.25) is 0 Å². The van der Waals surface area contributed by atoms with Crippen LogP contribution in [0.4, 0.5) is 0 Å². The average Bonchev–Trinajstić information content (AvgIpc) is 3.44. The van der Waals surface area contributed by atoms with Gasteiger partial charge in [0.1, 0.15) is 17.2 Å². The van der Waals surface area contributed by atoms with Gasteiger partial charge < -0.3 is 14.2 Å². The first-order valence-corrected chi connectivity index (χ1v) is 13.3. The van der Waals surface area contributed by atoms with E-state index in [4.69, 9.17) is 19.3 Å². The standard InChI is InChI=1S/C31H36N4O4/c1-37-24-13-14-30(39-3)26(19-24)28-20-27(25-11-7-8-12-29(25)38-2)32-35(28)31(36)22-34-17-15-33(16-18-34)21-23-9-5-4-6-10-23/h4-14,19,28H,15-18,20-22H2,1-3H3/t28-/m0/s1. The van der Waals surface area contributed by atoms with Crippen molar-refractivity contribution in [2.24, 2.45) is 5.10 Å². The zero-order chi connectivity index (χ0) is 27.2. The molecular formula is C31H36N4O4. The molecule has 1 atom stereocenters. The third-order valence-corrected chi connectivity index (χ3v) is 7.45. The summed E-state index contributed by atoms with van der Waals surface area (Å²) in [6, 6.07) is 23.7. The molecule has 0 bridgehead atoms. The quantitative estimate of drug-likeness (QED) is 0.415. The van der Waals surface area contributed by atoms with Crippen LogP contribution in [-0.4, -0.2) is 80.5 Å². The summed E-state index contributed by atoms with van der Waals surface area (Å²) in [6.07, 6.45) is 0.542. The molecule has 204 valence electrons. The van der Waals surface area contributed by atoms with Crippen molar-refractivity contribution in [2.75, 3.05) is 54.1 Å². The van der Waals surface area contributed by atoms with Gasteiger partial charge in [0.05, 0.1) is 39.6 Å². The van der Waals surface area contributed by atoms with Crippen LogP contribution in [0.3, 0.4) is 0 Å². The van der Waals surface area contributed by atoms with Crippen LogP contribution in [0.5, 0.6) is 17.2 Å². The molecule has 0 unspecified atom stereocenters. The van der Waals surface area contributed by atoms with E-state index in [0.29, 0.717) is 24.5 Å². The Kier molecular flexibility index (Phi) is 8.44. The van der Waals surface area contributed by atoms with Crippen LogP contribution in [0, 0.1) is 0 Å². The number of rotatable bonds is 9. The minimum Gasteiger partial charge on any atom is -0.497 e. The summed E-state index contributed by atoms with van der Waals surface area (Å²) in [4.78, 5) is 18.5. The van der Waals surface area contributed by atoms with Crippen LogP contribution in [0.1, 0.15) is 29.2 Å². The summed E-state index contributed by atoms with van der Waals surface area (Å²) >= 11 is 0. The zero-order valence-corrected chi connectivity index (χ0v) is 22.9. The van der Waals surface area contributed by atoms with Crippen molar-refractivity contribution in [1.29, 1.82) is 0 Å². The van der Waals surface area contributed by atoms with Gasteiger partial charge in [-0.25, -0.2) is 5.01 Å². The molecule has 1 fully saturated rings. The zero-order valence-electron chi connectivity index (χ0n) is 22.9. The van der Waals surface area contributed by atoms with Crippen LogP contribution >= 0.6 is 0 Å². The molecule has 0 spiro atoms. The number of benzene rings is 3. The van der Waals surface area contributed by atoms with E-state index in [0.717, 1.165) is 55.3 Å². The van der Waals surface area contributed by atoms with E-state index in [-0.39, 0.29) is 11.9 Å². The highest BCUT2D eigenvalue weighted by atomic mass is 16.5. The molecule has 1 amide bonds. The summed E-state index contributed by atoms with van der Waals surface area (Å²) in [7, 11) is 4.93. The van der Waals surface area contributed by atoms with Crippen molar-refractivity contribution in [2.45, 2.75) is 19.0 Å². The predicted octanol–water partition coefficient (Wildman–Crippen LogP) is 4.21. The molecule has 39 heavy (non-hydrogen) atoms. The number of carbonyl (C=O) groups is 1. The van der Waals surface area contributed by atoms with Gasteiger partial charge in [0, 0.05) is 50.3 Å². The molecule has 0 N–H and O–H groups in total. The van der Waals surface area contributed by atoms with Gasteiger partial charge >= 0.3 is 0 Å². The largest absolute Gasteiger partial charge is 0.497 e. The summed E-state index contributed by atoms with van der Waals surface area (Å²) in [5.74, 6) is 2.10. The third-order valence-electron chi connectivity index (χ3n) is 7.45. The monoisotopic (exact) mass is 528 g/mol. The molecule has 0 saturated carbocycles. The first-order valence-electron chi connectivity index (χ1n) is 13.3. The maximum atomic E-state index is 13.8. The Morgan fingerprint density at radius 3 is 2.23 bits per heavy atom. The molecule has 0 aromatic heterocycles. The fraction of sp³-hybridized carbons (Fsp3) is 0.355. The average molecular weight is 529 g/mol. The number of amides is 1. The van der Waals surface area contributed by atoms with Crippen molar-refractivity contribution in [3.05, 3.63) is 89.5 Å². The normalized spacial score (nSPS) is 18.1. The minimum absolute atomic E-state index is 0.0359. The van der Waals surface area contributed by atoms with Gasteiger partial charge in [-0.2, -0.15) is 5.10 Å². The van der Waals surface area contributed by atoms with Crippen molar-refractivity contribution >= 4 is 11.6 Å². The molecule has 2 aliphatic heterocycles. The molecule has 8 nitrogen and oxygen atoms in total. The lowest BCUT2D eigenvalue weighted by atomic mass is 9.97. The fourth-order valence-electron chi connectivity index (χ4n) is 5.34. The molecule has 3 aromatic rings. The summed E-state index contributed by atoms with van der Waals surface area (Å²) in [5, 5.41) is 6.51. The van der Waals surface area contributed by atoms with Crippen molar-refractivity contribution < 1.29 is 19.0 Å². The Morgan fingerprint density at radius 2 is 1.51 bits per heavy atom. The first kappa shape index (κ1) is 26.7. The van der Waals surface area contributed by atoms with E-state index in [1.165, 1.54) is 5.56 Å². The second-order valence-corrected chi connectivity index (χ2v) is 9.85. The van der Waals surface area contributed by atoms with Crippen molar-refractivity contribution in [3.63, 3.8) is 0 Å².